The first-order chi connectivity index (χ1) is 5.63. The number of aliphatic hydroxyl groups excluding tert-OH is 1. The highest BCUT2D eigenvalue weighted by Gasteiger charge is 2.41. The first kappa shape index (κ1) is 8.84. The van der Waals surface area contributed by atoms with Crippen LogP contribution < -0.4 is 0 Å². The lowest BCUT2D eigenvalue weighted by atomic mass is 9.77. The zero-order chi connectivity index (χ0) is 9.19. The molecule has 1 atom stereocenters. The van der Waals surface area contributed by atoms with Crippen molar-refractivity contribution in [2.45, 2.75) is 19.8 Å². The number of carboxylic acids is 1. The highest BCUT2D eigenvalue weighted by molar-refractivity contribution is 5.78. The zero-order valence-corrected chi connectivity index (χ0v) is 6.87. The Balaban J connectivity index is 3.03. The van der Waals surface area contributed by atoms with Gasteiger partial charge in [0, 0.05) is 0 Å². The average molecular weight is 167 g/mol. The quantitative estimate of drug-likeness (QED) is 0.657. The summed E-state index contributed by atoms with van der Waals surface area (Å²) in [4.78, 5) is 10.9. The number of hydrogen-bond acceptors (Lipinski definition) is 2. The van der Waals surface area contributed by atoms with Crippen molar-refractivity contribution in [3.8, 4) is 0 Å². The van der Waals surface area contributed by atoms with Crippen molar-refractivity contribution in [1.29, 1.82) is 0 Å². The van der Waals surface area contributed by atoms with Crippen LogP contribution in [0.25, 0.3) is 0 Å². The van der Waals surface area contributed by atoms with Gasteiger partial charge in [0.05, 0.1) is 0 Å². The summed E-state index contributed by atoms with van der Waals surface area (Å²) >= 11 is 0. The number of carbonyl (C=O) groups is 1. The molecule has 12 heavy (non-hydrogen) atoms. The Morgan fingerprint density at radius 3 is 2.83 bits per heavy atom. The van der Waals surface area contributed by atoms with E-state index in [1.54, 1.807) is 13.0 Å². The lowest BCUT2D eigenvalue weighted by Gasteiger charge is -2.27. The highest BCUT2D eigenvalue weighted by Crippen LogP contribution is 2.36. The molecule has 0 aromatic heterocycles. The second kappa shape index (κ2) is 3.01. The number of rotatable bonds is 2. The van der Waals surface area contributed by atoms with Gasteiger partial charge in [-0.2, -0.15) is 0 Å². The van der Waals surface area contributed by atoms with Crippen LogP contribution in [-0.4, -0.2) is 16.2 Å². The van der Waals surface area contributed by atoms with E-state index in [1.165, 1.54) is 6.08 Å². The molecule has 0 heterocycles. The Bertz CT molecular complexity index is 252. The minimum Gasteiger partial charge on any atom is -0.511 e. The third-order valence-corrected chi connectivity index (χ3v) is 2.27. The number of hydrogen-bond donors (Lipinski definition) is 2. The minimum absolute atomic E-state index is 0.0729. The van der Waals surface area contributed by atoms with E-state index in [-0.39, 0.29) is 12.2 Å². The predicted molar refractivity (Wildman–Crippen MR) is 43.5 cm³/mol. The standard InChI is InChI=1S/C9H11O3/c1-2-9(8(11)12)6-4-3-5-7(9)10/h3,5,10H,2,6H2,1H3,(H,11,12). The van der Waals surface area contributed by atoms with Crippen LogP contribution in [0, 0.1) is 11.5 Å². The van der Waals surface area contributed by atoms with Crippen molar-refractivity contribution in [2.24, 2.45) is 5.41 Å². The van der Waals surface area contributed by atoms with Gasteiger partial charge in [0.2, 0.25) is 0 Å². The normalized spacial score (nSPS) is 28.2. The van der Waals surface area contributed by atoms with E-state index in [4.69, 9.17) is 5.11 Å². The maximum Gasteiger partial charge on any atom is 0.317 e. The van der Waals surface area contributed by atoms with E-state index < -0.39 is 11.4 Å². The van der Waals surface area contributed by atoms with Gasteiger partial charge in [-0.05, 0) is 25.0 Å². The van der Waals surface area contributed by atoms with Crippen molar-refractivity contribution >= 4 is 5.97 Å². The largest absolute Gasteiger partial charge is 0.511 e. The zero-order valence-electron chi connectivity index (χ0n) is 6.87. The summed E-state index contributed by atoms with van der Waals surface area (Å²) in [7, 11) is 0. The van der Waals surface area contributed by atoms with E-state index in [0.717, 1.165) is 0 Å². The molecular formula is C9H11O3. The molecule has 1 unspecified atom stereocenters. The maximum atomic E-state index is 10.9. The SMILES string of the molecule is CCC1(C(=O)O)C[C]=CC=C1O. The molecule has 1 aliphatic carbocycles. The molecule has 0 spiro atoms. The Morgan fingerprint density at radius 2 is 2.50 bits per heavy atom. The molecular weight excluding hydrogens is 156 g/mol. The number of carboxylic acid groups (broad SMARTS) is 1. The molecule has 1 rings (SSSR count). The molecule has 0 amide bonds. The van der Waals surface area contributed by atoms with Crippen LogP contribution in [0.3, 0.4) is 0 Å². The van der Waals surface area contributed by atoms with Gasteiger partial charge in [0.1, 0.15) is 11.2 Å². The fourth-order valence-corrected chi connectivity index (χ4v) is 1.26. The first-order valence-corrected chi connectivity index (χ1v) is 3.83. The first-order valence-electron chi connectivity index (χ1n) is 3.83. The van der Waals surface area contributed by atoms with Crippen molar-refractivity contribution in [3.63, 3.8) is 0 Å². The lowest BCUT2D eigenvalue weighted by Crippen LogP contribution is -2.33. The van der Waals surface area contributed by atoms with Gasteiger partial charge in [-0.15, -0.1) is 0 Å². The van der Waals surface area contributed by atoms with Crippen LogP contribution in [0.2, 0.25) is 0 Å². The van der Waals surface area contributed by atoms with Crippen LogP contribution in [-0.2, 0) is 4.79 Å². The van der Waals surface area contributed by atoms with Crippen LogP contribution in [0.1, 0.15) is 19.8 Å². The van der Waals surface area contributed by atoms with Crippen LogP contribution in [0.5, 0.6) is 0 Å². The van der Waals surface area contributed by atoms with Gasteiger partial charge in [-0.3, -0.25) is 4.79 Å². The summed E-state index contributed by atoms with van der Waals surface area (Å²) < 4.78 is 0. The van der Waals surface area contributed by atoms with Crippen LogP contribution in [0.4, 0.5) is 0 Å². The van der Waals surface area contributed by atoms with Crippen LogP contribution in [0.15, 0.2) is 17.9 Å². The van der Waals surface area contributed by atoms with Gasteiger partial charge in [0.25, 0.3) is 0 Å². The maximum absolute atomic E-state index is 10.9. The second-order valence-electron chi connectivity index (χ2n) is 2.84. The average Bonchev–Trinajstić information content (AvgIpc) is 2.05. The smallest absolute Gasteiger partial charge is 0.317 e. The van der Waals surface area contributed by atoms with Gasteiger partial charge >= 0.3 is 5.97 Å². The Labute approximate surface area is 71.0 Å². The summed E-state index contributed by atoms with van der Waals surface area (Å²) in [6, 6.07) is 0. The molecule has 3 nitrogen and oxygen atoms in total. The number of allylic oxidation sites excluding steroid dienone is 3. The molecule has 65 valence electrons. The fourth-order valence-electron chi connectivity index (χ4n) is 1.26. The molecule has 0 saturated heterocycles. The molecule has 0 aromatic rings. The van der Waals surface area contributed by atoms with Crippen molar-refractivity contribution in [2.75, 3.05) is 0 Å². The summed E-state index contributed by atoms with van der Waals surface area (Å²) in [5.74, 6) is -1.06. The number of aliphatic hydroxyl groups is 1. The van der Waals surface area contributed by atoms with Crippen molar-refractivity contribution in [3.05, 3.63) is 24.0 Å². The van der Waals surface area contributed by atoms with Gasteiger partial charge in [-0.1, -0.05) is 13.0 Å². The van der Waals surface area contributed by atoms with E-state index in [9.17, 15) is 9.90 Å². The number of aliphatic carboxylic acids is 1. The van der Waals surface area contributed by atoms with Crippen LogP contribution >= 0.6 is 0 Å². The summed E-state index contributed by atoms with van der Waals surface area (Å²) in [5.41, 5.74) is -1.13. The van der Waals surface area contributed by atoms with Crippen molar-refractivity contribution < 1.29 is 15.0 Å². The molecule has 0 aromatic carbocycles. The van der Waals surface area contributed by atoms with Gasteiger partial charge < -0.3 is 10.2 Å². The van der Waals surface area contributed by atoms with E-state index >= 15 is 0 Å². The van der Waals surface area contributed by atoms with Crippen molar-refractivity contribution in [1.82, 2.24) is 0 Å². The minimum atomic E-state index is -1.13. The lowest BCUT2D eigenvalue weighted by molar-refractivity contribution is -0.148. The van der Waals surface area contributed by atoms with E-state index in [2.05, 4.69) is 6.08 Å². The van der Waals surface area contributed by atoms with E-state index in [1.807, 2.05) is 0 Å². The molecule has 1 aliphatic rings. The molecule has 3 heteroatoms. The summed E-state index contributed by atoms with van der Waals surface area (Å²) in [6.07, 6.45) is 6.37. The third kappa shape index (κ3) is 1.11. The molecule has 0 saturated carbocycles. The predicted octanol–water partition coefficient (Wildman–Crippen LogP) is 1.67. The monoisotopic (exact) mass is 167 g/mol. The molecule has 0 aliphatic heterocycles. The van der Waals surface area contributed by atoms with Gasteiger partial charge in [0.15, 0.2) is 0 Å². The molecule has 0 bridgehead atoms. The molecule has 0 fully saturated rings. The van der Waals surface area contributed by atoms with E-state index in [0.29, 0.717) is 6.42 Å². The molecule has 1 radical (unpaired) electrons. The third-order valence-electron chi connectivity index (χ3n) is 2.27. The Morgan fingerprint density at radius 1 is 1.83 bits per heavy atom. The fraction of sp³-hybridized carbons (Fsp3) is 0.444. The summed E-state index contributed by atoms with van der Waals surface area (Å²) in [6.45, 7) is 1.74. The Kier molecular flexibility index (Phi) is 2.22. The molecule has 2 N–H and O–H groups in total. The van der Waals surface area contributed by atoms with Gasteiger partial charge in [-0.25, -0.2) is 0 Å². The summed E-state index contributed by atoms with van der Waals surface area (Å²) in [5, 5.41) is 18.3. The highest BCUT2D eigenvalue weighted by atomic mass is 16.4. The Hall–Kier alpha value is -1.25. The second-order valence-corrected chi connectivity index (χ2v) is 2.84. The topological polar surface area (TPSA) is 57.5 Å².